The van der Waals surface area contributed by atoms with Crippen LogP contribution in [0.3, 0.4) is 0 Å². The maximum atomic E-state index is 12.0. The molecule has 0 spiro atoms. The lowest BCUT2D eigenvalue weighted by Crippen LogP contribution is -2.36. The fraction of sp³-hybridized carbons (Fsp3) is 0.467. The summed E-state index contributed by atoms with van der Waals surface area (Å²) >= 11 is 6.05. The van der Waals surface area contributed by atoms with Crippen molar-refractivity contribution in [2.45, 2.75) is 39.7 Å². The summed E-state index contributed by atoms with van der Waals surface area (Å²) in [5.74, 6) is -0.0629. The normalized spacial score (nSPS) is 12.1. The highest BCUT2D eigenvalue weighted by Crippen LogP contribution is 2.26. The highest BCUT2D eigenvalue weighted by molar-refractivity contribution is 6.34. The number of nitrogens with one attached hydrogen (secondary N) is 2. The summed E-state index contributed by atoms with van der Waals surface area (Å²) in [5, 5.41) is 5.81. The average Bonchev–Trinajstić information content (AvgIpc) is 2.41. The summed E-state index contributed by atoms with van der Waals surface area (Å²) < 4.78 is 0. The van der Waals surface area contributed by atoms with Crippen molar-refractivity contribution >= 4 is 34.8 Å². The first-order chi connectivity index (χ1) is 9.83. The molecule has 0 aliphatic heterocycles. The lowest BCUT2D eigenvalue weighted by atomic mass is 10.0. The molecule has 2 amide bonds. The third-order valence-electron chi connectivity index (χ3n) is 2.89. The summed E-state index contributed by atoms with van der Waals surface area (Å²) in [6, 6.07) is 4.33. The highest BCUT2D eigenvalue weighted by atomic mass is 35.5. The lowest BCUT2D eigenvalue weighted by molar-refractivity contribution is -0.118. The van der Waals surface area contributed by atoms with E-state index in [9.17, 15) is 9.59 Å². The molecule has 1 aromatic rings. The topological polar surface area (TPSA) is 84.2 Å². The summed E-state index contributed by atoms with van der Waals surface area (Å²) in [7, 11) is 0. The van der Waals surface area contributed by atoms with E-state index >= 15 is 0 Å². The summed E-state index contributed by atoms with van der Waals surface area (Å²) in [5.41, 5.74) is 6.85. The Labute approximate surface area is 130 Å². The zero-order chi connectivity index (χ0) is 16.0. The van der Waals surface area contributed by atoms with Crippen LogP contribution >= 0.6 is 11.6 Å². The first-order valence-corrected chi connectivity index (χ1v) is 7.37. The van der Waals surface area contributed by atoms with Crippen molar-refractivity contribution in [3.63, 3.8) is 0 Å². The van der Waals surface area contributed by atoms with Crippen molar-refractivity contribution in [1.29, 1.82) is 0 Å². The molecule has 0 heterocycles. The molecule has 4 N–H and O–H groups in total. The summed E-state index contributed by atoms with van der Waals surface area (Å²) in [4.78, 5) is 23.4. The van der Waals surface area contributed by atoms with E-state index in [1.807, 2.05) is 13.8 Å². The second-order valence-electron chi connectivity index (χ2n) is 5.32. The highest BCUT2D eigenvalue weighted by Gasteiger charge is 2.16. The predicted molar refractivity (Wildman–Crippen MR) is 86.4 cm³/mol. The summed E-state index contributed by atoms with van der Waals surface area (Å²) in [6.07, 6.45) is 0.972. The van der Waals surface area contributed by atoms with Crippen molar-refractivity contribution in [3.05, 3.63) is 23.2 Å². The van der Waals surface area contributed by atoms with E-state index in [0.29, 0.717) is 35.2 Å². The van der Waals surface area contributed by atoms with Crippen LogP contribution in [0.1, 0.15) is 33.6 Å². The molecule has 0 radical (unpaired) electrons. The van der Waals surface area contributed by atoms with Crippen LogP contribution in [0.25, 0.3) is 0 Å². The Bertz CT molecular complexity index is 518. The van der Waals surface area contributed by atoms with Gasteiger partial charge in [-0.25, -0.2) is 0 Å². The molecule has 0 aliphatic carbocycles. The third-order valence-corrected chi connectivity index (χ3v) is 3.22. The van der Waals surface area contributed by atoms with Crippen molar-refractivity contribution < 1.29 is 9.59 Å². The van der Waals surface area contributed by atoms with Gasteiger partial charge in [-0.2, -0.15) is 0 Å². The van der Waals surface area contributed by atoms with Crippen LogP contribution in [0.2, 0.25) is 5.02 Å². The minimum atomic E-state index is -0.588. The minimum absolute atomic E-state index is 0.105. The van der Waals surface area contributed by atoms with Crippen LogP contribution in [0, 0.1) is 5.92 Å². The molecule has 0 aromatic heterocycles. The first kappa shape index (κ1) is 17.5. The van der Waals surface area contributed by atoms with Crippen molar-refractivity contribution in [2.24, 2.45) is 11.7 Å². The van der Waals surface area contributed by atoms with E-state index in [1.165, 1.54) is 0 Å². The maximum Gasteiger partial charge on any atom is 0.241 e. The van der Waals surface area contributed by atoms with Gasteiger partial charge < -0.3 is 16.4 Å². The van der Waals surface area contributed by atoms with Crippen LogP contribution < -0.4 is 16.4 Å². The molecule has 1 aromatic carbocycles. The predicted octanol–water partition coefficient (Wildman–Crippen LogP) is 3.00. The van der Waals surface area contributed by atoms with Crippen molar-refractivity contribution in [2.75, 3.05) is 10.6 Å². The Balaban J connectivity index is 2.80. The number of carbonyl (C=O) groups excluding carboxylic acids is 2. The van der Waals surface area contributed by atoms with E-state index in [2.05, 4.69) is 10.6 Å². The average molecular weight is 312 g/mol. The smallest absolute Gasteiger partial charge is 0.241 e. The molecular weight excluding hydrogens is 290 g/mol. The quantitative estimate of drug-likeness (QED) is 0.755. The molecule has 1 rings (SSSR count). The van der Waals surface area contributed by atoms with Gasteiger partial charge in [0.15, 0.2) is 0 Å². The molecule has 0 bridgehead atoms. The molecule has 0 saturated carbocycles. The van der Waals surface area contributed by atoms with Crippen molar-refractivity contribution in [3.8, 4) is 0 Å². The van der Waals surface area contributed by atoms with E-state index in [4.69, 9.17) is 17.3 Å². The van der Waals surface area contributed by atoms with Gasteiger partial charge in [-0.1, -0.05) is 32.4 Å². The zero-order valence-corrected chi connectivity index (χ0v) is 13.3. The third kappa shape index (κ3) is 5.73. The number of rotatable bonds is 6. The minimum Gasteiger partial charge on any atom is -0.326 e. The molecule has 116 valence electrons. The second kappa shape index (κ2) is 8.00. The number of nitrogens with two attached hydrogens (primary N) is 1. The molecule has 0 aliphatic rings. The second-order valence-corrected chi connectivity index (χ2v) is 5.73. The van der Waals surface area contributed by atoms with Gasteiger partial charge in [-0.15, -0.1) is 0 Å². The maximum absolute atomic E-state index is 12.0. The molecular formula is C15H22ClN3O2. The standard InChI is InChI=1S/C15H22ClN3O2/c1-4-14(20)18-10-5-6-11(16)13(8-10)19-15(21)12(17)7-9(2)3/h5-6,8-9,12H,4,7,17H2,1-3H3,(H,18,20)(H,19,21). The lowest BCUT2D eigenvalue weighted by Gasteiger charge is -2.15. The van der Waals surface area contributed by atoms with Gasteiger partial charge in [-0.3, -0.25) is 9.59 Å². The summed E-state index contributed by atoms with van der Waals surface area (Å²) in [6.45, 7) is 5.76. The molecule has 5 nitrogen and oxygen atoms in total. The van der Waals surface area contributed by atoms with Gasteiger partial charge in [0.1, 0.15) is 0 Å². The number of hydrogen-bond donors (Lipinski definition) is 3. The fourth-order valence-electron chi connectivity index (χ4n) is 1.79. The molecule has 21 heavy (non-hydrogen) atoms. The zero-order valence-electron chi connectivity index (χ0n) is 12.6. The molecule has 1 atom stereocenters. The number of amides is 2. The number of carbonyl (C=O) groups is 2. The van der Waals surface area contributed by atoms with E-state index < -0.39 is 6.04 Å². The Morgan fingerprint density at radius 3 is 2.52 bits per heavy atom. The van der Waals surface area contributed by atoms with Crippen LogP contribution in [0.15, 0.2) is 18.2 Å². The van der Waals surface area contributed by atoms with E-state index in [-0.39, 0.29) is 11.8 Å². The molecule has 1 unspecified atom stereocenters. The first-order valence-electron chi connectivity index (χ1n) is 6.99. The van der Waals surface area contributed by atoms with Crippen LogP contribution in [-0.4, -0.2) is 17.9 Å². The Hall–Kier alpha value is -1.59. The van der Waals surface area contributed by atoms with Crippen LogP contribution in [0.4, 0.5) is 11.4 Å². The molecule has 6 heteroatoms. The van der Waals surface area contributed by atoms with Gasteiger partial charge in [0.05, 0.1) is 16.8 Å². The van der Waals surface area contributed by atoms with E-state index in [1.54, 1.807) is 25.1 Å². The number of benzene rings is 1. The van der Waals surface area contributed by atoms with E-state index in [0.717, 1.165) is 0 Å². The van der Waals surface area contributed by atoms with Gasteiger partial charge >= 0.3 is 0 Å². The van der Waals surface area contributed by atoms with Gasteiger partial charge in [0.25, 0.3) is 0 Å². The Morgan fingerprint density at radius 2 is 1.95 bits per heavy atom. The number of hydrogen-bond acceptors (Lipinski definition) is 3. The molecule has 0 fully saturated rings. The number of anilines is 2. The number of halogens is 1. The van der Waals surface area contributed by atoms with Crippen molar-refractivity contribution in [1.82, 2.24) is 0 Å². The largest absolute Gasteiger partial charge is 0.326 e. The fourth-order valence-corrected chi connectivity index (χ4v) is 1.95. The van der Waals surface area contributed by atoms with Crippen LogP contribution in [-0.2, 0) is 9.59 Å². The Kier molecular flexibility index (Phi) is 6.65. The monoisotopic (exact) mass is 311 g/mol. The van der Waals surface area contributed by atoms with Crippen LogP contribution in [0.5, 0.6) is 0 Å². The molecule has 0 saturated heterocycles. The van der Waals surface area contributed by atoms with Gasteiger partial charge in [-0.05, 0) is 30.5 Å². The Morgan fingerprint density at radius 1 is 1.29 bits per heavy atom. The van der Waals surface area contributed by atoms with Gasteiger partial charge in [0.2, 0.25) is 11.8 Å². The van der Waals surface area contributed by atoms with Gasteiger partial charge in [0, 0.05) is 12.1 Å². The SMILES string of the molecule is CCC(=O)Nc1ccc(Cl)c(NC(=O)C(N)CC(C)C)c1.